The molecule has 0 aliphatic heterocycles. The fraction of sp³-hybridized carbons (Fsp3) is 0. The Morgan fingerprint density at radius 3 is 2.24 bits per heavy atom. The van der Waals surface area contributed by atoms with Gasteiger partial charge in [0.1, 0.15) is 16.8 Å². The van der Waals surface area contributed by atoms with Gasteiger partial charge in [-0.25, -0.2) is 4.98 Å². The van der Waals surface area contributed by atoms with Gasteiger partial charge in [-0.2, -0.15) is 0 Å². The summed E-state index contributed by atoms with van der Waals surface area (Å²) in [5.41, 5.74) is 10.7. The van der Waals surface area contributed by atoms with Crippen LogP contribution in [0.3, 0.4) is 0 Å². The van der Waals surface area contributed by atoms with Crippen molar-refractivity contribution in [2.24, 2.45) is 0 Å². The highest BCUT2D eigenvalue weighted by Gasteiger charge is 2.21. The number of aromatic nitrogens is 3. The molecule has 0 atom stereocenters. The summed E-state index contributed by atoms with van der Waals surface area (Å²) in [6.07, 6.45) is 0. The van der Waals surface area contributed by atoms with Gasteiger partial charge in [-0.05, 0) is 48.5 Å². The van der Waals surface area contributed by atoms with E-state index in [2.05, 4.69) is 130 Å². The summed E-state index contributed by atoms with van der Waals surface area (Å²) in [6.45, 7) is 0. The number of benzene rings is 5. The molecule has 10 rings (SSSR count). The Kier molecular flexibility index (Phi) is 3.90. The Labute approximate surface area is 233 Å². The number of hydrogen-bond acceptors (Lipinski definition) is 2. The van der Waals surface area contributed by atoms with Crippen molar-refractivity contribution in [1.29, 1.82) is 0 Å². The lowest BCUT2D eigenvalue weighted by Crippen LogP contribution is -1.93. The number of fused-ring (bicyclic) bond motifs is 10. The minimum Gasteiger partial charge on any atom is -0.455 e. The van der Waals surface area contributed by atoms with E-state index in [-0.39, 0.29) is 0 Å². The van der Waals surface area contributed by atoms with E-state index < -0.39 is 0 Å². The van der Waals surface area contributed by atoms with E-state index in [1.165, 1.54) is 21.7 Å². The van der Waals surface area contributed by atoms with Gasteiger partial charge in [0.25, 0.3) is 0 Å². The van der Waals surface area contributed by atoms with Crippen molar-refractivity contribution in [3.05, 3.63) is 127 Å². The van der Waals surface area contributed by atoms with Crippen molar-refractivity contribution >= 4 is 71.2 Å². The van der Waals surface area contributed by atoms with Crippen LogP contribution < -0.4 is 0 Å². The summed E-state index contributed by atoms with van der Waals surface area (Å²) < 4.78 is 11.2. The Bertz CT molecular complexity index is 2640. The maximum Gasteiger partial charge on any atom is 0.145 e. The molecule has 0 N–H and O–H groups in total. The van der Waals surface area contributed by atoms with Crippen LogP contribution in [0.4, 0.5) is 0 Å². The molecule has 0 unspecified atom stereocenters. The molecule has 0 radical (unpaired) electrons. The monoisotopic (exact) mass is 523 g/mol. The molecule has 4 heteroatoms. The lowest BCUT2D eigenvalue weighted by atomic mass is 10.1. The zero-order chi connectivity index (χ0) is 26.7. The van der Waals surface area contributed by atoms with Crippen LogP contribution in [0.5, 0.6) is 0 Å². The van der Waals surface area contributed by atoms with Gasteiger partial charge in [0.2, 0.25) is 0 Å². The topological polar surface area (TPSA) is 35.4 Å². The molecule has 0 amide bonds. The lowest BCUT2D eigenvalue weighted by molar-refractivity contribution is 0.673. The lowest BCUT2D eigenvalue weighted by Gasteiger charge is -2.08. The van der Waals surface area contributed by atoms with E-state index in [9.17, 15) is 0 Å². The smallest absolute Gasteiger partial charge is 0.145 e. The Morgan fingerprint density at radius 2 is 1.32 bits per heavy atom. The quantitative estimate of drug-likeness (QED) is 0.226. The summed E-state index contributed by atoms with van der Waals surface area (Å²) in [7, 11) is 0. The Hall–Kier alpha value is -5.61. The molecule has 5 heterocycles. The second-order valence-electron chi connectivity index (χ2n) is 10.8. The van der Waals surface area contributed by atoms with Crippen molar-refractivity contribution in [3.63, 3.8) is 0 Å². The van der Waals surface area contributed by atoms with Crippen molar-refractivity contribution in [3.8, 4) is 16.9 Å². The molecule has 5 aromatic heterocycles. The van der Waals surface area contributed by atoms with Crippen LogP contribution in [0, 0.1) is 0 Å². The van der Waals surface area contributed by atoms with E-state index in [1.54, 1.807) is 0 Å². The zero-order valence-corrected chi connectivity index (χ0v) is 21.9. The van der Waals surface area contributed by atoms with Gasteiger partial charge in [0, 0.05) is 38.2 Å². The van der Waals surface area contributed by atoms with Gasteiger partial charge in [-0.15, -0.1) is 0 Å². The molecular formula is C37H21N3O. The first-order chi connectivity index (χ1) is 20.3. The molecule has 41 heavy (non-hydrogen) atoms. The molecule has 10 aromatic rings. The average Bonchev–Trinajstić information content (AvgIpc) is 3.77. The van der Waals surface area contributed by atoms with Crippen LogP contribution in [-0.4, -0.2) is 14.0 Å². The molecule has 0 bridgehead atoms. The third-order valence-electron chi connectivity index (χ3n) is 8.66. The summed E-state index contributed by atoms with van der Waals surface area (Å²) in [6, 6.07) is 45.1. The second-order valence-corrected chi connectivity index (χ2v) is 10.8. The van der Waals surface area contributed by atoms with E-state index >= 15 is 0 Å². The van der Waals surface area contributed by atoms with Gasteiger partial charge in [-0.1, -0.05) is 78.9 Å². The fourth-order valence-corrected chi connectivity index (χ4v) is 6.95. The average molecular weight is 524 g/mol. The molecule has 0 fully saturated rings. The minimum absolute atomic E-state index is 0.917. The molecule has 0 spiro atoms. The van der Waals surface area contributed by atoms with Crippen LogP contribution in [0.15, 0.2) is 132 Å². The van der Waals surface area contributed by atoms with Gasteiger partial charge in [-0.3, -0.25) is 4.40 Å². The first kappa shape index (κ1) is 21.2. The summed E-state index contributed by atoms with van der Waals surface area (Å²) >= 11 is 0. The van der Waals surface area contributed by atoms with E-state index in [1.807, 2.05) is 6.07 Å². The zero-order valence-electron chi connectivity index (χ0n) is 21.9. The highest BCUT2D eigenvalue weighted by Crippen LogP contribution is 2.42. The number of nitrogens with zero attached hydrogens (tertiary/aromatic N) is 3. The molecule has 0 aliphatic rings. The third-order valence-corrected chi connectivity index (χ3v) is 8.66. The van der Waals surface area contributed by atoms with Crippen molar-refractivity contribution in [2.45, 2.75) is 0 Å². The number of pyridine rings is 1. The molecule has 4 nitrogen and oxygen atoms in total. The highest BCUT2D eigenvalue weighted by atomic mass is 16.3. The molecule has 190 valence electrons. The summed E-state index contributed by atoms with van der Waals surface area (Å²) in [5, 5.41) is 7.06. The number of imidazole rings is 1. The summed E-state index contributed by atoms with van der Waals surface area (Å²) in [4.78, 5) is 5.08. The first-order valence-corrected chi connectivity index (χ1v) is 13.9. The van der Waals surface area contributed by atoms with Crippen LogP contribution in [0.2, 0.25) is 0 Å². The van der Waals surface area contributed by atoms with E-state index in [4.69, 9.17) is 9.40 Å². The first-order valence-electron chi connectivity index (χ1n) is 13.9. The minimum atomic E-state index is 0.917. The highest BCUT2D eigenvalue weighted by molar-refractivity contribution is 6.24. The predicted molar refractivity (Wildman–Crippen MR) is 168 cm³/mol. The number of para-hydroxylation sites is 2. The number of hydrogen-bond donors (Lipinski definition) is 0. The Balaban J connectivity index is 1.34. The van der Waals surface area contributed by atoms with Crippen LogP contribution >= 0.6 is 0 Å². The van der Waals surface area contributed by atoms with Crippen molar-refractivity contribution in [1.82, 2.24) is 14.0 Å². The predicted octanol–water partition coefficient (Wildman–Crippen LogP) is 9.74. The van der Waals surface area contributed by atoms with Gasteiger partial charge in [0.15, 0.2) is 0 Å². The molecule has 5 aromatic carbocycles. The molecular weight excluding hydrogens is 502 g/mol. The van der Waals surface area contributed by atoms with Crippen LogP contribution in [0.1, 0.15) is 0 Å². The second kappa shape index (κ2) is 7.52. The van der Waals surface area contributed by atoms with Crippen molar-refractivity contribution in [2.75, 3.05) is 0 Å². The molecule has 0 saturated heterocycles. The van der Waals surface area contributed by atoms with Gasteiger partial charge < -0.3 is 8.98 Å². The van der Waals surface area contributed by atoms with Gasteiger partial charge >= 0.3 is 0 Å². The molecule has 0 saturated carbocycles. The van der Waals surface area contributed by atoms with Crippen molar-refractivity contribution < 1.29 is 4.42 Å². The number of rotatable bonds is 2. The molecule has 0 aliphatic carbocycles. The standard InChI is InChI=1S/C37H21N3O/c1-2-9-22(10-3-1)35-36-28-21-23(17-18-24(28)29-14-8-16-33(38-35)40(29)36)39-30-13-6-4-12-27(30)34-31(39)20-19-26-25-11-5-7-15-32(25)41-37(26)34/h1-21H. The largest absolute Gasteiger partial charge is 0.455 e. The van der Waals surface area contributed by atoms with Crippen LogP contribution in [0.25, 0.3) is 88.1 Å². The third kappa shape index (κ3) is 2.66. The summed E-state index contributed by atoms with van der Waals surface area (Å²) in [5.74, 6) is 0. The Morgan fingerprint density at radius 1 is 0.537 bits per heavy atom. The SMILES string of the molecule is c1ccc(-c2nc3cccc4c5ccc(-n6c7ccccc7c7c8oc9ccccc9c8ccc76)cc5c2n34)cc1. The maximum absolute atomic E-state index is 6.51. The van der Waals surface area contributed by atoms with Crippen LogP contribution in [-0.2, 0) is 0 Å². The van der Waals surface area contributed by atoms with Gasteiger partial charge in [0.05, 0.1) is 33.1 Å². The maximum atomic E-state index is 6.51. The van der Waals surface area contributed by atoms with E-state index in [0.29, 0.717) is 0 Å². The van der Waals surface area contributed by atoms with E-state index in [0.717, 1.165) is 66.5 Å². The number of furan rings is 1. The normalized spacial score (nSPS) is 12.4. The fourth-order valence-electron chi connectivity index (χ4n) is 6.95.